The first-order valence-corrected chi connectivity index (χ1v) is 7.88. The van der Waals surface area contributed by atoms with E-state index in [0.29, 0.717) is 5.92 Å². The van der Waals surface area contributed by atoms with Gasteiger partial charge in [-0.15, -0.1) is 0 Å². The largest absolute Gasteiger partial charge is 0.375 e. The third-order valence-electron chi connectivity index (χ3n) is 5.00. The molecular formula is C16H23ClN2O. The maximum absolute atomic E-state index is 6.48. The molecule has 1 aliphatic carbocycles. The van der Waals surface area contributed by atoms with Crippen molar-refractivity contribution < 1.29 is 4.74 Å². The molecule has 3 rings (SSSR count). The van der Waals surface area contributed by atoms with Crippen LogP contribution in [0.5, 0.6) is 0 Å². The van der Waals surface area contributed by atoms with Crippen molar-refractivity contribution in [3.8, 4) is 0 Å². The highest BCUT2D eigenvalue weighted by molar-refractivity contribution is 6.32. The molecule has 0 bridgehead atoms. The van der Waals surface area contributed by atoms with E-state index in [2.05, 4.69) is 17.6 Å². The minimum absolute atomic E-state index is 0.115. The van der Waals surface area contributed by atoms with Gasteiger partial charge in [0.2, 0.25) is 0 Å². The molecule has 1 saturated heterocycles. The SMILES string of the molecule is Cc1cccc(C(NN)C2CCOC3(CCC3)C2)c1Cl. The van der Waals surface area contributed by atoms with Crippen LogP contribution in [0.25, 0.3) is 0 Å². The molecule has 1 aromatic carbocycles. The monoisotopic (exact) mass is 294 g/mol. The average molecular weight is 295 g/mol. The molecule has 0 amide bonds. The van der Waals surface area contributed by atoms with Gasteiger partial charge in [0, 0.05) is 11.6 Å². The second-order valence-electron chi connectivity index (χ2n) is 6.26. The van der Waals surface area contributed by atoms with Crippen LogP contribution < -0.4 is 11.3 Å². The van der Waals surface area contributed by atoms with Crippen LogP contribution in [-0.2, 0) is 4.74 Å². The average Bonchev–Trinajstić information content (AvgIpc) is 2.43. The summed E-state index contributed by atoms with van der Waals surface area (Å²) in [6.07, 6.45) is 5.82. The molecule has 1 aliphatic heterocycles. The van der Waals surface area contributed by atoms with Gasteiger partial charge in [0.1, 0.15) is 0 Å². The van der Waals surface area contributed by atoms with Crippen LogP contribution in [0.3, 0.4) is 0 Å². The molecule has 0 aromatic heterocycles. The minimum Gasteiger partial charge on any atom is -0.375 e. The molecule has 3 nitrogen and oxygen atoms in total. The quantitative estimate of drug-likeness (QED) is 0.662. The van der Waals surface area contributed by atoms with E-state index >= 15 is 0 Å². The number of rotatable bonds is 3. The highest BCUT2D eigenvalue weighted by atomic mass is 35.5. The highest BCUT2D eigenvalue weighted by Crippen LogP contribution is 2.47. The molecule has 2 atom stereocenters. The van der Waals surface area contributed by atoms with E-state index in [1.165, 1.54) is 19.3 Å². The van der Waals surface area contributed by atoms with Crippen LogP contribution in [0.2, 0.25) is 5.02 Å². The van der Waals surface area contributed by atoms with Gasteiger partial charge >= 0.3 is 0 Å². The van der Waals surface area contributed by atoms with Crippen molar-refractivity contribution in [3.05, 3.63) is 34.3 Å². The van der Waals surface area contributed by atoms with E-state index in [4.69, 9.17) is 22.2 Å². The first-order valence-electron chi connectivity index (χ1n) is 7.50. The smallest absolute Gasteiger partial charge is 0.0686 e. The van der Waals surface area contributed by atoms with Gasteiger partial charge in [-0.2, -0.15) is 0 Å². The number of benzene rings is 1. The van der Waals surface area contributed by atoms with Crippen LogP contribution in [0.15, 0.2) is 18.2 Å². The molecule has 0 radical (unpaired) electrons. The fraction of sp³-hybridized carbons (Fsp3) is 0.625. The standard InChI is InChI=1S/C16H23ClN2O/c1-11-4-2-5-13(14(11)17)15(19-18)12-6-9-20-16(10-12)7-3-8-16/h2,4-5,12,15,19H,3,6-10,18H2,1H3. The Morgan fingerprint density at radius 2 is 2.25 bits per heavy atom. The number of hydrogen-bond acceptors (Lipinski definition) is 3. The summed E-state index contributed by atoms with van der Waals surface area (Å²) in [6.45, 7) is 2.88. The van der Waals surface area contributed by atoms with Gasteiger partial charge in [0.15, 0.2) is 0 Å². The Labute approximate surface area is 125 Å². The van der Waals surface area contributed by atoms with Crippen molar-refractivity contribution in [2.45, 2.75) is 50.7 Å². The Kier molecular flexibility index (Phi) is 4.04. The van der Waals surface area contributed by atoms with Crippen LogP contribution >= 0.6 is 11.6 Å². The fourth-order valence-corrected chi connectivity index (χ4v) is 3.90. The molecule has 2 aliphatic rings. The second kappa shape index (κ2) is 5.64. The lowest BCUT2D eigenvalue weighted by Crippen LogP contribution is -2.48. The van der Waals surface area contributed by atoms with Gasteiger partial charge in [-0.05, 0) is 56.1 Å². The van der Waals surface area contributed by atoms with Gasteiger partial charge in [0.05, 0.1) is 11.6 Å². The molecule has 4 heteroatoms. The maximum atomic E-state index is 6.48. The zero-order valence-electron chi connectivity index (χ0n) is 12.0. The van der Waals surface area contributed by atoms with E-state index in [1.807, 2.05) is 13.0 Å². The Bertz CT molecular complexity index is 487. The predicted molar refractivity (Wildman–Crippen MR) is 81.5 cm³/mol. The molecule has 110 valence electrons. The number of ether oxygens (including phenoxy) is 1. The van der Waals surface area contributed by atoms with E-state index in [-0.39, 0.29) is 11.6 Å². The van der Waals surface area contributed by atoms with Gasteiger partial charge in [0.25, 0.3) is 0 Å². The molecule has 1 heterocycles. The summed E-state index contributed by atoms with van der Waals surface area (Å²) >= 11 is 6.48. The number of halogens is 1. The third-order valence-corrected chi connectivity index (χ3v) is 5.52. The van der Waals surface area contributed by atoms with Gasteiger partial charge in [-0.1, -0.05) is 29.8 Å². The summed E-state index contributed by atoms with van der Waals surface area (Å²) in [4.78, 5) is 0. The molecule has 20 heavy (non-hydrogen) atoms. The number of nitrogens with one attached hydrogen (secondary N) is 1. The first kappa shape index (κ1) is 14.3. The topological polar surface area (TPSA) is 47.3 Å². The van der Waals surface area contributed by atoms with E-state index in [0.717, 1.165) is 35.6 Å². The van der Waals surface area contributed by atoms with Gasteiger partial charge in [-0.3, -0.25) is 11.3 Å². The zero-order chi connectivity index (χ0) is 14.2. The molecule has 1 saturated carbocycles. The molecule has 1 aromatic rings. The fourth-order valence-electron chi connectivity index (χ4n) is 3.66. The Hall–Kier alpha value is -0.610. The molecule has 1 spiro atoms. The van der Waals surface area contributed by atoms with Crippen molar-refractivity contribution in [1.29, 1.82) is 0 Å². The highest BCUT2D eigenvalue weighted by Gasteiger charge is 2.44. The van der Waals surface area contributed by atoms with Crippen LogP contribution in [0, 0.1) is 12.8 Å². The van der Waals surface area contributed by atoms with Crippen molar-refractivity contribution >= 4 is 11.6 Å². The van der Waals surface area contributed by atoms with Crippen molar-refractivity contribution in [2.24, 2.45) is 11.8 Å². The van der Waals surface area contributed by atoms with Crippen molar-refractivity contribution in [1.82, 2.24) is 5.43 Å². The summed E-state index contributed by atoms with van der Waals surface area (Å²) in [7, 11) is 0. The molecule has 3 N–H and O–H groups in total. The lowest BCUT2D eigenvalue weighted by molar-refractivity contribution is -0.147. The van der Waals surface area contributed by atoms with Crippen LogP contribution in [-0.4, -0.2) is 12.2 Å². The summed E-state index contributed by atoms with van der Waals surface area (Å²) < 4.78 is 6.01. The maximum Gasteiger partial charge on any atom is 0.0686 e. The lowest BCUT2D eigenvalue weighted by atomic mass is 9.69. The van der Waals surface area contributed by atoms with Crippen molar-refractivity contribution in [3.63, 3.8) is 0 Å². The molecule has 2 fully saturated rings. The predicted octanol–water partition coefficient (Wildman–Crippen LogP) is 3.50. The van der Waals surface area contributed by atoms with E-state index < -0.39 is 0 Å². The molecular weight excluding hydrogens is 272 g/mol. The summed E-state index contributed by atoms with van der Waals surface area (Å²) in [6, 6.07) is 6.29. The summed E-state index contributed by atoms with van der Waals surface area (Å²) in [5, 5.41) is 0.838. The van der Waals surface area contributed by atoms with Crippen LogP contribution in [0.1, 0.15) is 49.3 Å². The van der Waals surface area contributed by atoms with E-state index in [9.17, 15) is 0 Å². The van der Waals surface area contributed by atoms with Crippen molar-refractivity contribution in [2.75, 3.05) is 6.61 Å². The number of aryl methyl sites for hydroxylation is 1. The Balaban J connectivity index is 1.84. The second-order valence-corrected chi connectivity index (χ2v) is 6.64. The Morgan fingerprint density at radius 3 is 2.90 bits per heavy atom. The van der Waals surface area contributed by atoms with E-state index in [1.54, 1.807) is 0 Å². The third kappa shape index (κ3) is 2.48. The summed E-state index contributed by atoms with van der Waals surface area (Å²) in [5.41, 5.74) is 5.36. The van der Waals surface area contributed by atoms with Gasteiger partial charge in [-0.25, -0.2) is 0 Å². The molecule has 2 unspecified atom stereocenters. The number of hydrogen-bond donors (Lipinski definition) is 2. The minimum atomic E-state index is 0.115. The lowest BCUT2D eigenvalue weighted by Gasteiger charge is -2.48. The zero-order valence-corrected chi connectivity index (χ0v) is 12.7. The van der Waals surface area contributed by atoms with Gasteiger partial charge < -0.3 is 4.74 Å². The number of nitrogens with two attached hydrogens (primary N) is 1. The normalized spacial score (nSPS) is 26.2. The summed E-state index contributed by atoms with van der Waals surface area (Å²) in [5.74, 6) is 6.35. The van der Waals surface area contributed by atoms with Crippen LogP contribution in [0.4, 0.5) is 0 Å². The number of hydrazine groups is 1. The first-order chi connectivity index (χ1) is 9.65. The Morgan fingerprint density at radius 1 is 1.45 bits per heavy atom.